The van der Waals surface area contributed by atoms with Gasteiger partial charge < -0.3 is 24.6 Å². The molecule has 47 heavy (non-hydrogen) atoms. The number of benzene rings is 2. The summed E-state index contributed by atoms with van der Waals surface area (Å²) in [5.74, 6) is -11.6. The van der Waals surface area contributed by atoms with Crippen LogP contribution < -0.4 is 5.32 Å². The molecule has 0 aromatic heterocycles. The summed E-state index contributed by atoms with van der Waals surface area (Å²) in [6.45, 7) is 3.88. The first kappa shape index (κ1) is 35.1. The van der Waals surface area contributed by atoms with Crippen molar-refractivity contribution in [1.29, 1.82) is 0 Å². The number of hydrogen-bond acceptors (Lipinski definition) is 8. The van der Waals surface area contributed by atoms with Crippen LogP contribution in [0.5, 0.6) is 0 Å². The van der Waals surface area contributed by atoms with Gasteiger partial charge in [0.25, 0.3) is 0 Å². The summed E-state index contributed by atoms with van der Waals surface area (Å²) in [6.07, 6.45) is -9.52. The Hall–Kier alpha value is -4.73. The molecule has 2 aliphatic rings. The molecule has 1 atom stereocenters. The molecule has 4 rings (SSSR count). The Kier molecular flexibility index (Phi) is 10.4. The second-order valence-electron chi connectivity index (χ2n) is 10.8. The molecule has 2 aliphatic heterocycles. The number of piperidine rings is 1. The highest BCUT2D eigenvalue weighted by atomic mass is 19.4. The first-order valence-electron chi connectivity index (χ1n) is 14.4. The van der Waals surface area contributed by atoms with Crippen molar-refractivity contribution in [3.63, 3.8) is 0 Å². The van der Waals surface area contributed by atoms with Gasteiger partial charge in [-0.3, -0.25) is 14.4 Å². The summed E-state index contributed by atoms with van der Waals surface area (Å²) in [6, 6.07) is 11.2. The molecule has 0 spiro atoms. The van der Waals surface area contributed by atoms with Gasteiger partial charge in [-0.1, -0.05) is 48.5 Å². The zero-order valence-electron chi connectivity index (χ0n) is 24.8. The maximum atomic E-state index is 13.3. The molecular formula is C31H29F6N3O7. The molecule has 252 valence electrons. The molecule has 10 nitrogen and oxygen atoms in total. The van der Waals surface area contributed by atoms with Crippen molar-refractivity contribution in [2.45, 2.75) is 43.9 Å². The molecule has 1 N–H and O–H groups in total. The van der Waals surface area contributed by atoms with Crippen LogP contribution in [0.4, 0.5) is 26.3 Å². The predicted molar refractivity (Wildman–Crippen MR) is 151 cm³/mol. The van der Waals surface area contributed by atoms with E-state index < -0.39 is 48.4 Å². The fourth-order valence-corrected chi connectivity index (χ4v) is 5.07. The van der Waals surface area contributed by atoms with Crippen LogP contribution in [0, 0.1) is 0 Å². The van der Waals surface area contributed by atoms with Gasteiger partial charge in [-0.15, -0.1) is 0 Å². The van der Waals surface area contributed by atoms with E-state index in [2.05, 4.69) is 14.8 Å². The number of ether oxygens (including phenoxy) is 2. The van der Waals surface area contributed by atoms with Gasteiger partial charge in [0.05, 0.1) is 6.04 Å². The second kappa shape index (κ2) is 13.9. The van der Waals surface area contributed by atoms with Crippen LogP contribution >= 0.6 is 0 Å². The van der Waals surface area contributed by atoms with Crippen LogP contribution in [0.15, 0.2) is 54.6 Å². The summed E-state index contributed by atoms with van der Waals surface area (Å²) in [5, 5.41) is 3.16. The van der Waals surface area contributed by atoms with Crippen molar-refractivity contribution in [2.24, 2.45) is 0 Å². The van der Waals surface area contributed by atoms with E-state index in [9.17, 15) is 50.3 Å². The zero-order chi connectivity index (χ0) is 34.6. The molecule has 1 unspecified atom stereocenters. The van der Waals surface area contributed by atoms with Crippen molar-refractivity contribution < 1.29 is 59.8 Å². The molecule has 2 saturated heterocycles. The minimum Gasteiger partial charge on any atom is -0.406 e. The maximum Gasteiger partial charge on any atom is 0.491 e. The third-order valence-electron chi connectivity index (χ3n) is 7.61. The van der Waals surface area contributed by atoms with Crippen LogP contribution in [0.1, 0.15) is 52.9 Å². The number of piperazine rings is 1. The minimum absolute atomic E-state index is 0.123. The normalized spacial score (nSPS) is 17.7. The Labute approximate surface area is 264 Å². The largest absolute Gasteiger partial charge is 0.491 e. The number of esters is 2. The molecule has 0 radical (unpaired) electrons. The molecular weight excluding hydrogens is 640 g/mol. The average Bonchev–Trinajstić information content (AvgIpc) is 3.04. The van der Waals surface area contributed by atoms with Crippen LogP contribution in [0.25, 0.3) is 6.08 Å². The number of carbonyl (C=O) groups excluding carboxylic acids is 5. The van der Waals surface area contributed by atoms with Gasteiger partial charge >= 0.3 is 36.0 Å². The lowest BCUT2D eigenvalue weighted by Gasteiger charge is -2.42. The fourth-order valence-electron chi connectivity index (χ4n) is 5.07. The number of ketones is 1. The Balaban J connectivity index is 1.47. The number of amides is 2. The molecule has 16 heteroatoms. The van der Waals surface area contributed by atoms with Crippen molar-refractivity contribution in [2.75, 3.05) is 32.7 Å². The maximum absolute atomic E-state index is 13.3. The third-order valence-corrected chi connectivity index (χ3v) is 7.61. The van der Waals surface area contributed by atoms with E-state index >= 15 is 0 Å². The number of hydrogen-bond donors (Lipinski definition) is 1. The topological polar surface area (TPSA) is 122 Å². The summed E-state index contributed by atoms with van der Waals surface area (Å²) in [7, 11) is 0. The number of nitrogens with zero attached hydrogens (tertiary/aromatic N) is 2. The van der Waals surface area contributed by atoms with Gasteiger partial charge in [-0.2, -0.15) is 26.3 Å². The van der Waals surface area contributed by atoms with Gasteiger partial charge in [0.1, 0.15) is 0 Å². The molecule has 2 heterocycles. The number of carbonyl (C=O) groups is 5. The molecule has 0 bridgehead atoms. The van der Waals surface area contributed by atoms with Gasteiger partial charge in [0, 0.05) is 56.3 Å². The van der Waals surface area contributed by atoms with Crippen LogP contribution in [-0.2, 0) is 28.7 Å². The molecule has 2 amide bonds. The van der Waals surface area contributed by atoms with E-state index in [4.69, 9.17) is 0 Å². The quantitative estimate of drug-likeness (QED) is 0.148. The summed E-state index contributed by atoms with van der Waals surface area (Å²) in [4.78, 5) is 64.4. The lowest BCUT2D eigenvalue weighted by atomic mass is 9.96. The molecule has 0 aliphatic carbocycles. The van der Waals surface area contributed by atoms with Gasteiger partial charge in [-0.05, 0) is 30.5 Å². The van der Waals surface area contributed by atoms with E-state index in [0.29, 0.717) is 29.8 Å². The Bertz CT molecular complexity index is 1500. The van der Waals surface area contributed by atoms with Crippen molar-refractivity contribution >= 4 is 35.6 Å². The lowest BCUT2D eigenvalue weighted by Crippen LogP contribution is -2.60. The number of likely N-dealkylation sites (tertiary alicyclic amines) is 1. The SMILES string of the molecule is CC(c1ccc(C(=O)c2ccc(/C=C/C(=O)N3CCNCC3)cc2)cc1)N1CCCC(OC(=O)C(F)(F)F)(OC(=O)C(F)(F)F)C1=O. The van der Waals surface area contributed by atoms with Gasteiger partial charge in [0.15, 0.2) is 5.78 Å². The molecule has 0 saturated carbocycles. The fraction of sp³-hybridized carbons (Fsp3) is 0.387. The van der Waals surface area contributed by atoms with E-state index in [0.717, 1.165) is 18.0 Å². The van der Waals surface area contributed by atoms with E-state index in [-0.39, 0.29) is 30.2 Å². The summed E-state index contributed by atoms with van der Waals surface area (Å²) < 4.78 is 86.0. The highest BCUT2D eigenvalue weighted by Crippen LogP contribution is 2.37. The highest BCUT2D eigenvalue weighted by molar-refractivity contribution is 6.09. The van der Waals surface area contributed by atoms with E-state index in [1.807, 2.05) is 0 Å². The predicted octanol–water partition coefficient (Wildman–Crippen LogP) is 3.95. The first-order valence-corrected chi connectivity index (χ1v) is 14.4. The Morgan fingerprint density at radius 3 is 1.85 bits per heavy atom. The standard InChI is InChI=1S/C31H29F6N3O7/c1-19(40-16-2-13-29(26(40)43,46-27(44)30(32,33)34)47-28(45)31(35,36)37)21-8-10-23(11-9-21)25(42)22-6-3-20(4-7-22)5-12-24(41)39-17-14-38-15-18-39/h3-12,19,38H,2,13-18H2,1H3/b12-5+. The summed E-state index contributed by atoms with van der Waals surface area (Å²) in [5.41, 5.74) is 1.57. The molecule has 2 aromatic rings. The number of halogens is 6. The Morgan fingerprint density at radius 2 is 1.34 bits per heavy atom. The van der Waals surface area contributed by atoms with Crippen molar-refractivity contribution in [3.8, 4) is 0 Å². The number of rotatable bonds is 8. The number of nitrogens with one attached hydrogen (secondary N) is 1. The molecule has 2 aromatic carbocycles. The Morgan fingerprint density at radius 1 is 0.830 bits per heavy atom. The van der Waals surface area contributed by atoms with Crippen LogP contribution in [-0.4, -0.2) is 90.2 Å². The first-order chi connectivity index (χ1) is 22.0. The molecule has 2 fully saturated rings. The van der Waals surface area contributed by atoms with E-state index in [1.54, 1.807) is 35.2 Å². The third kappa shape index (κ3) is 8.36. The van der Waals surface area contributed by atoms with Crippen LogP contribution in [0.2, 0.25) is 0 Å². The van der Waals surface area contributed by atoms with Crippen LogP contribution in [0.3, 0.4) is 0 Å². The zero-order valence-corrected chi connectivity index (χ0v) is 24.8. The lowest BCUT2D eigenvalue weighted by molar-refractivity contribution is -0.274. The second-order valence-corrected chi connectivity index (χ2v) is 10.8. The van der Waals surface area contributed by atoms with Crippen molar-refractivity contribution in [3.05, 3.63) is 76.9 Å². The monoisotopic (exact) mass is 669 g/mol. The average molecular weight is 670 g/mol. The minimum atomic E-state index is -5.70. The smallest absolute Gasteiger partial charge is 0.406 e. The van der Waals surface area contributed by atoms with Gasteiger partial charge in [-0.25, -0.2) is 9.59 Å². The van der Waals surface area contributed by atoms with Gasteiger partial charge in [0.2, 0.25) is 5.91 Å². The van der Waals surface area contributed by atoms with E-state index in [1.165, 1.54) is 37.3 Å². The van der Waals surface area contributed by atoms with Crippen molar-refractivity contribution in [1.82, 2.24) is 15.1 Å². The number of alkyl halides is 6. The highest BCUT2D eigenvalue weighted by Gasteiger charge is 2.59. The summed E-state index contributed by atoms with van der Waals surface area (Å²) >= 11 is 0.